The molecule has 8 nitrogen and oxygen atoms in total. The van der Waals surface area contributed by atoms with Gasteiger partial charge in [-0.1, -0.05) is 29.8 Å². The molecule has 0 aromatic heterocycles. The van der Waals surface area contributed by atoms with Crippen LogP contribution in [0.15, 0.2) is 42.5 Å². The first-order chi connectivity index (χ1) is 15.5. The van der Waals surface area contributed by atoms with Crippen molar-refractivity contribution >= 4 is 35.1 Å². The van der Waals surface area contributed by atoms with Gasteiger partial charge in [-0.25, -0.2) is 4.79 Å². The minimum Gasteiger partial charge on any atom is -0.378 e. The molecule has 32 heavy (non-hydrogen) atoms. The van der Waals surface area contributed by atoms with E-state index in [4.69, 9.17) is 16.3 Å². The molecule has 9 heteroatoms. The average Bonchev–Trinajstić information content (AvgIpc) is 3.19. The van der Waals surface area contributed by atoms with Gasteiger partial charge in [-0.3, -0.25) is 9.59 Å². The molecule has 166 valence electrons. The van der Waals surface area contributed by atoms with Crippen molar-refractivity contribution in [2.24, 2.45) is 0 Å². The Kier molecular flexibility index (Phi) is 5.48. The summed E-state index contributed by atoms with van der Waals surface area (Å²) < 4.78 is 5.29. The van der Waals surface area contributed by atoms with E-state index in [0.717, 1.165) is 11.1 Å². The number of urea groups is 1. The van der Waals surface area contributed by atoms with Gasteiger partial charge >= 0.3 is 6.03 Å². The van der Waals surface area contributed by atoms with Crippen LogP contribution in [0.1, 0.15) is 16.8 Å². The molecule has 2 aromatic carbocycles. The lowest BCUT2D eigenvalue weighted by Crippen LogP contribution is -2.55. The predicted molar refractivity (Wildman–Crippen MR) is 120 cm³/mol. The summed E-state index contributed by atoms with van der Waals surface area (Å²) in [5.41, 5.74) is 2.70. The van der Waals surface area contributed by atoms with Gasteiger partial charge in [0.05, 0.1) is 30.5 Å². The highest BCUT2D eigenvalue weighted by Gasteiger charge is 2.45. The molecule has 0 saturated carbocycles. The number of carbonyl (C=O) groups excluding carboxylic acids is 3. The standard InChI is InChI=1S/C23H23ClN4O4/c24-16-4-1-14(2-5-16)15-3-6-18-17(13-15)22(30)28-8-7-19(20(28)21(29)25-18)26-23(31)27-9-11-32-12-10-27/h1-6,13,19-20H,7-12H2,(H,25,29)(H,26,31). The molecule has 2 unspecified atom stereocenters. The summed E-state index contributed by atoms with van der Waals surface area (Å²) in [5.74, 6) is -0.511. The molecule has 2 atom stereocenters. The maximum absolute atomic E-state index is 13.4. The molecule has 2 saturated heterocycles. The second kappa shape index (κ2) is 8.44. The lowest BCUT2D eigenvalue weighted by atomic mass is 10.0. The van der Waals surface area contributed by atoms with Gasteiger partial charge in [-0.05, 0) is 41.8 Å². The third-order valence-electron chi connectivity index (χ3n) is 6.22. The van der Waals surface area contributed by atoms with Crippen LogP contribution < -0.4 is 10.6 Å². The molecule has 4 amide bonds. The molecule has 0 spiro atoms. The highest BCUT2D eigenvalue weighted by molar-refractivity contribution is 6.30. The molecule has 0 radical (unpaired) electrons. The summed E-state index contributed by atoms with van der Waals surface area (Å²) in [6.45, 7) is 2.42. The number of anilines is 1. The fraction of sp³-hybridized carbons (Fsp3) is 0.348. The number of halogens is 1. The summed E-state index contributed by atoms with van der Waals surface area (Å²) in [7, 11) is 0. The van der Waals surface area contributed by atoms with Gasteiger partial charge in [0, 0.05) is 24.7 Å². The van der Waals surface area contributed by atoms with Crippen LogP contribution in [0, 0.1) is 0 Å². The zero-order chi connectivity index (χ0) is 22.2. The van der Waals surface area contributed by atoms with Crippen molar-refractivity contribution < 1.29 is 19.1 Å². The third kappa shape index (κ3) is 3.80. The maximum Gasteiger partial charge on any atom is 0.317 e. The molecule has 3 aliphatic rings. The van der Waals surface area contributed by atoms with Crippen molar-refractivity contribution in [3.05, 3.63) is 53.1 Å². The quantitative estimate of drug-likeness (QED) is 0.729. The van der Waals surface area contributed by atoms with E-state index in [1.807, 2.05) is 18.2 Å². The Bertz CT molecular complexity index is 1070. The van der Waals surface area contributed by atoms with E-state index in [1.165, 1.54) is 0 Å². The minimum atomic E-state index is -0.751. The monoisotopic (exact) mass is 454 g/mol. The normalized spacial score (nSPS) is 22.7. The Balaban J connectivity index is 1.39. The van der Waals surface area contributed by atoms with E-state index in [9.17, 15) is 14.4 Å². The number of hydrogen-bond donors (Lipinski definition) is 2. The first-order valence-electron chi connectivity index (χ1n) is 10.7. The second-order valence-electron chi connectivity index (χ2n) is 8.14. The second-order valence-corrected chi connectivity index (χ2v) is 8.58. The number of carbonyl (C=O) groups is 3. The number of amides is 4. The van der Waals surface area contributed by atoms with Crippen molar-refractivity contribution in [3.63, 3.8) is 0 Å². The minimum absolute atomic E-state index is 0.220. The number of nitrogens with one attached hydrogen (secondary N) is 2. The lowest BCUT2D eigenvalue weighted by molar-refractivity contribution is -0.120. The highest BCUT2D eigenvalue weighted by atomic mass is 35.5. The largest absolute Gasteiger partial charge is 0.378 e. The SMILES string of the molecule is O=C1Nc2ccc(-c3ccc(Cl)cc3)cc2C(=O)N2CCC(NC(=O)N3CCOCC3)C12. The Hall–Kier alpha value is -3.10. The van der Waals surface area contributed by atoms with Gasteiger partial charge in [0.25, 0.3) is 5.91 Å². The fourth-order valence-electron chi connectivity index (χ4n) is 4.53. The van der Waals surface area contributed by atoms with E-state index >= 15 is 0 Å². The van der Waals surface area contributed by atoms with Crippen LogP contribution in [-0.4, -0.2) is 72.6 Å². The van der Waals surface area contributed by atoms with Crippen LogP contribution in [0.2, 0.25) is 5.02 Å². The molecule has 3 heterocycles. The molecule has 0 aliphatic carbocycles. The van der Waals surface area contributed by atoms with Crippen LogP contribution in [0.5, 0.6) is 0 Å². The maximum atomic E-state index is 13.4. The van der Waals surface area contributed by atoms with Crippen LogP contribution in [-0.2, 0) is 9.53 Å². The van der Waals surface area contributed by atoms with E-state index in [0.29, 0.717) is 55.5 Å². The Morgan fingerprint density at radius 3 is 2.50 bits per heavy atom. The Morgan fingerprint density at radius 2 is 1.75 bits per heavy atom. The van der Waals surface area contributed by atoms with Crippen molar-refractivity contribution in [1.29, 1.82) is 0 Å². The first-order valence-corrected chi connectivity index (χ1v) is 11.0. The summed E-state index contributed by atoms with van der Waals surface area (Å²) in [6.07, 6.45) is 0.520. The Morgan fingerprint density at radius 1 is 1.03 bits per heavy atom. The number of rotatable bonds is 2. The third-order valence-corrected chi connectivity index (χ3v) is 6.47. The molecular weight excluding hydrogens is 432 g/mol. The highest BCUT2D eigenvalue weighted by Crippen LogP contribution is 2.32. The molecule has 3 aliphatic heterocycles. The molecule has 2 aromatic rings. The number of hydrogen-bond acceptors (Lipinski definition) is 4. The molecule has 2 fully saturated rings. The van der Waals surface area contributed by atoms with Gasteiger partial charge in [-0.2, -0.15) is 0 Å². The van der Waals surface area contributed by atoms with E-state index in [1.54, 1.807) is 34.1 Å². The van der Waals surface area contributed by atoms with Gasteiger partial charge in [0.2, 0.25) is 5.91 Å². The van der Waals surface area contributed by atoms with Gasteiger partial charge in [-0.15, -0.1) is 0 Å². The Labute approximate surface area is 190 Å². The molecule has 5 rings (SSSR count). The topological polar surface area (TPSA) is 91.0 Å². The van der Waals surface area contributed by atoms with Crippen LogP contribution >= 0.6 is 11.6 Å². The van der Waals surface area contributed by atoms with E-state index in [2.05, 4.69) is 10.6 Å². The zero-order valence-electron chi connectivity index (χ0n) is 17.3. The fourth-order valence-corrected chi connectivity index (χ4v) is 4.65. The number of benzene rings is 2. The summed E-state index contributed by atoms with van der Waals surface area (Å²) in [4.78, 5) is 42.4. The van der Waals surface area contributed by atoms with Gasteiger partial charge in [0.1, 0.15) is 6.04 Å². The number of ether oxygens (including phenoxy) is 1. The smallest absolute Gasteiger partial charge is 0.317 e. The molecule has 0 bridgehead atoms. The van der Waals surface area contributed by atoms with Crippen LogP contribution in [0.25, 0.3) is 11.1 Å². The first kappa shape index (κ1) is 20.8. The lowest BCUT2D eigenvalue weighted by Gasteiger charge is -2.30. The van der Waals surface area contributed by atoms with E-state index in [-0.39, 0.29) is 17.8 Å². The zero-order valence-corrected chi connectivity index (χ0v) is 18.1. The average molecular weight is 455 g/mol. The van der Waals surface area contributed by atoms with Crippen LogP contribution in [0.3, 0.4) is 0 Å². The molecule has 2 N–H and O–H groups in total. The van der Waals surface area contributed by atoms with Gasteiger partial charge < -0.3 is 25.2 Å². The van der Waals surface area contributed by atoms with Crippen LogP contribution in [0.4, 0.5) is 10.5 Å². The van der Waals surface area contributed by atoms with Crippen molar-refractivity contribution in [1.82, 2.24) is 15.1 Å². The predicted octanol–water partition coefficient (Wildman–Crippen LogP) is 2.58. The van der Waals surface area contributed by atoms with Crippen molar-refractivity contribution in [2.75, 3.05) is 38.2 Å². The van der Waals surface area contributed by atoms with Crippen molar-refractivity contribution in [3.8, 4) is 11.1 Å². The number of fused-ring (bicyclic) bond motifs is 2. The molecular formula is C23H23ClN4O4. The van der Waals surface area contributed by atoms with Gasteiger partial charge in [0.15, 0.2) is 0 Å². The summed E-state index contributed by atoms with van der Waals surface area (Å²) in [5, 5.41) is 6.48. The summed E-state index contributed by atoms with van der Waals surface area (Å²) >= 11 is 5.99. The van der Waals surface area contributed by atoms with E-state index < -0.39 is 12.1 Å². The number of nitrogens with zero attached hydrogens (tertiary/aromatic N) is 2. The van der Waals surface area contributed by atoms with Crippen molar-refractivity contribution in [2.45, 2.75) is 18.5 Å². The number of morpholine rings is 1. The summed E-state index contributed by atoms with van der Waals surface area (Å²) in [6, 6.07) is 11.4.